The molecule has 1 aliphatic heterocycles. The van der Waals surface area contributed by atoms with Gasteiger partial charge in [0.2, 0.25) is 5.91 Å². The highest BCUT2D eigenvalue weighted by Crippen LogP contribution is 2.32. The van der Waals surface area contributed by atoms with Crippen LogP contribution in [-0.2, 0) is 4.79 Å². The number of carbonyl (C=O) groups is 1. The minimum Gasteiger partial charge on any atom is -0.494 e. The van der Waals surface area contributed by atoms with Crippen molar-refractivity contribution in [2.75, 3.05) is 49.5 Å². The molecule has 1 aliphatic rings. The first kappa shape index (κ1) is 20.6. The molecule has 30 heavy (non-hydrogen) atoms. The summed E-state index contributed by atoms with van der Waals surface area (Å²) in [6.07, 6.45) is 4.01. The van der Waals surface area contributed by atoms with E-state index in [-0.39, 0.29) is 5.91 Å². The second-order valence-corrected chi connectivity index (χ2v) is 8.43. The second-order valence-electron chi connectivity index (χ2n) is 7.57. The van der Waals surface area contributed by atoms with E-state index in [9.17, 15) is 4.79 Å². The monoisotopic (exact) mass is 424 g/mol. The molecule has 2 aromatic heterocycles. The molecular formula is C23H28N4O2S. The van der Waals surface area contributed by atoms with Gasteiger partial charge in [-0.3, -0.25) is 9.69 Å². The van der Waals surface area contributed by atoms with Crippen molar-refractivity contribution in [1.29, 1.82) is 0 Å². The first-order valence-electron chi connectivity index (χ1n) is 10.5. The molecule has 0 spiro atoms. The predicted octanol–water partition coefficient (Wildman–Crippen LogP) is 4.24. The minimum atomic E-state index is -0.0731. The van der Waals surface area contributed by atoms with E-state index in [1.807, 2.05) is 36.5 Å². The van der Waals surface area contributed by atoms with Crippen molar-refractivity contribution in [2.24, 2.45) is 0 Å². The third-order valence-electron chi connectivity index (χ3n) is 5.33. The molecule has 0 radical (unpaired) electrons. The summed E-state index contributed by atoms with van der Waals surface area (Å²) in [6.45, 7) is 7.62. The van der Waals surface area contributed by atoms with Gasteiger partial charge in [-0.25, -0.2) is 4.98 Å². The summed E-state index contributed by atoms with van der Waals surface area (Å²) in [5, 5.41) is 6.30. The number of carbonyl (C=O) groups excluding carboxylic acids is 1. The van der Waals surface area contributed by atoms with E-state index in [4.69, 9.17) is 4.74 Å². The van der Waals surface area contributed by atoms with Gasteiger partial charge in [-0.2, -0.15) is 0 Å². The standard InChI is InChI=1S/C23H28N4O2S/c1-18(28)25-19-6-4-7-20(16-19)29-15-3-2-10-26-11-13-27(14-12-26)22-17-30-23-21(22)8-5-9-24-23/h4-9,16-17H,2-3,10-15H2,1H3,(H,25,28). The van der Waals surface area contributed by atoms with Gasteiger partial charge in [0.1, 0.15) is 10.6 Å². The molecule has 1 aromatic carbocycles. The van der Waals surface area contributed by atoms with E-state index in [0.717, 1.165) is 61.8 Å². The van der Waals surface area contributed by atoms with Crippen molar-refractivity contribution in [3.05, 3.63) is 48.0 Å². The van der Waals surface area contributed by atoms with E-state index in [0.29, 0.717) is 6.61 Å². The first-order valence-corrected chi connectivity index (χ1v) is 11.4. The Morgan fingerprint density at radius 2 is 2.03 bits per heavy atom. The van der Waals surface area contributed by atoms with Crippen LogP contribution >= 0.6 is 11.3 Å². The van der Waals surface area contributed by atoms with Crippen LogP contribution in [-0.4, -0.2) is 55.1 Å². The number of aromatic nitrogens is 1. The normalized spacial score (nSPS) is 14.8. The number of hydrogen-bond acceptors (Lipinski definition) is 6. The fraction of sp³-hybridized carbons (Fsp3) is 0.391. The summed E-state index contributed by atoms with van der Waals surface area (Å²) < 4.78 is 5.84. The smallest absolute Gasteiger partial charge is 0.221 e. The zero-order chi connectivity index (χ0) is 20.8. The van der Waals surface area contributed by atoms with E-state index in [1.165, 1.54) is 18.0 Å². The average Bonchev–Trinajstić information content (AvgIpc) is 3.18. The van der Waals surface area contributed by atoms with Crippen molar-refractivity contribution < 1.29 is 9.53 Å². The summed E-state index contributed by atoms with van der Waals surface area (Å²) in [5.41, 5.74) is 2.10. The first-order chi connectivity index (χ1) is 14.7. The summed E-state index contributed by atoms with van der Waals surface area (Å²) >= 11 is 1.73. The van der Waals surface area contributed by atoms with Crippen molar-refractivity contribution in [3.8, 4) is 5.75 Å². The minimum absolute atomic E-state index is 0.0731. The fourth-order valence-electron chi connectivity index (χ4n) is 3.81. The molecule has 0 unspecified atom stereocenters. The second kappa shape index (κ2) is 9.91. The molecular weight excluding hydrogens is 396 g/mol. The van der Waals surface area contributed by atoms with Crippen LogP contribution in [0.4, 0.5) is 11.4 Å². The van der Waals surface area contributed by atoms with Crippen LogP contribution in [0, 0.1) is 0 Å². The maximum atomic E-state index is 11.2. The summed E-state index contributed by atoms with van der Waals surface area (Å²) in [5.74, 6) is 0.725. The third-order valence-corrected chi connectivity index (χ3v) is 6.22. The van der Waals surface area contributed by atoms with Crippen LogP contribution in [0.2, 0.25) is 0 Å². The number of fused-ring (bicyclic) bond motifs is 1. The molecule has 1 amide bonds. The quantitative estimate of drug-likeness (QED) is 0.548. The molecule has 6 nitrogen and oxygen atoms in total. The molecule has 1 N–H and O–H groups in total. The molecule has 158 valence electrons. The van der Waals surface area contributed by atoms with E-state index < -0.39 is 0 Å². The number of pyridine rings is 1. The molecule has 0 bridgehead atoms. The molecule has 0 atom stereocenters. The van der Waals surface area contributed by atoms with Crippen LogP contribution in [0.3, 0.4) is 0 Å². The lowest BCUT2D eigenvalue weighted by Crippen LogP contribution is -2.46. The predicted molar refractivity (Wildman–Crippen MR) is 124 cm³/mol. The van der Waals surface area contributed by atoms with Crippen LogP contribution in [0.5, 0.6) is 5.75 Å². The van der Waals surface area contributed by atoms with Gasteiger partial charge in [0, 0.05) is 61.8 Å². The number of ether oxygens (including phenoxy) is 1. The molecule has 7 heteroatoms. The maximum Gasteiger partial charge on any atom is 0.221 e. The fourth-order valence-corrected chi connectivity index (χ4v) is 4.73. The molecule has 0 aliphatic carbocycles. The lowest BCUT2D eigenvalue weighted by Gasteiger charge is -2.35. The van der Waals surface area contributed by atoms with E-state index in [1.54, 1.807) is 11.3 Å². The molecule has 3 aromatic rings. The molecule has 3 heterocycles. The highest BCUT2D eigenvalue weighted by molar-refractivity contribution is 7.17. The van der Waals surface area contributed by atoms with E-state index in [2.05, 4.69) is 31.5 Å². The SMILES string of the molecule is CC(=O)Nc1cccc(OCCCCN2CCN(c3csc4ncccc34)CC2)c1. The van der Waals surface area contributed by atoms with Crippen molar-refractivity contribution in [3.63, 3.8) is 0 Å². The Morgan fingerprint density at radius 3 is 2.87 bits per heavy atom. The topological polar surface area (TPSA) is 57.7 Å². The van der Waals surface area contributed by atoms with Gasteiger partial charge in [0.25, 0.3) is 0 Å². The Labute approximate surface area is 181 Å². The van der Waals surface area contributed by atoms with E-state index >= 15 is 0 Å². The van der Waals surface area contributed by atoms with Crippen LogP contribution in [0.1, 0.15) is 19.8 Å². The van der Waals surface area contributed by atoms with Crippen molar-refractivity contribution in [1.82, 2.24) is 9.88 Å². The third kappa shape index (κ3) is 5.29. The lowest BCUT2D eigenvalue weighted by molar-refractivity contribution is -0.114. The number of benzene rings is 1. The number of anilines is 2. The van der Waals surface area contributed by atoms with Gasteiger partial charge in [-0.05, 0) is 43.7 Å². The van der Waals surface area contributed by atoms with Crippen LogP contribution in [0.15, 0.2) is 48.0 Å². The summed E-state index contributed by atoms with van der Waals surface area (Å²) in [4.78, 5) is 21.8. The van der Waals surface area contributed by atoms with Crippen molar-refractivity contribution in [2.45, 2.75) is 19.8 Å². The van der Waals surface area contributed by atoms with Gasteiger partial charge < -0.3 is 15.0 Å². The largest absolute Gasteiger partial charge is 0.494 e. The molecule has 4 rings (SSSR count). The Kier molecular flexibility index (Phi) is 6.81. The number of nitrogens with zero attached hydrogens (tertiary/aromatic N) is 3. The van der Waals surface area contributed by atoms with Gasteiger partial charge >= 0.3 is 0 Å². The molecule has 1 saturated heterocycles. The Morgan fingerprint density at radius 1 is 1.17 bits per heavy atom. The number of rotatable bonds is 8. The van der Waals surface area contributed by atoms with Crippen LogP contribution < -0.4 is 15.0 Å². The van der Waals surface area contributed by atoms with Gasteiger partial charge in [0.05, 0.1) is 12.3 Å². The highest BCUT2D eigenvalue weighted by atomic mass is 32.1. The Hall–Kier alpha value is -2.64. The summed E-state index contributed by atoms with van der Waals surface area (Å²) in [6, 6.07) is 11.7. The highest BCUT2D eigenvalue weighted by Gasteiger charge is 2.19. The van der Waals surface area contributed by atoms with Crippen molar-refractivity contribution >= 4 is 38.8 Å². The Bertz CT molecular complexity index is 982. The number of unbranched alkanes of at least 4 members (excludes halogenated alkanes) is 1. The van der Waals surface area contributed by atoms with Gasteiger partial charge in [-0.15, -0.1) is 11.3 Å². The molecule has 0 saturated carbocycles. The van der Waals surface area contributed by atoms with Gasteiger partial charge in [-0.1, -0.05) is 6.07 Å². The number of nitrogens with one attached hydrogen (secondary N) is 1. The Balaban J connectivity index is 1.16. The average molecular weight is 425 g/mol. The zero-order valence-corrected chi connectivity index (χ0v) is 18.2. The zero-order valence-electron chi connectivity index (χ0n) is 17.3. The lowest BCUT2D eigenvalue weighted by atomic mass is 10.2. The number of thiophene rings is 1. The maximum absolute atomic E-state index is 11.2. The summed E-state index contributed by atoms with van der Waals surface area (Å²) in [7, 11) is 0. The number of amides is 1. The number of hydrogen-bond donors (Lipinski definition) is 1. The number of piperazine rings is 1. The molecule has 1 fully saturated rings. The van der Waals surface area contributed by atoms with Crippen LogP contribution in [0.25, 0.3) is 10.2 Å². The van der Waals surface area contributed by atoms with Gasteiger partial charge in [0.15, 0.2) is 0 Å².